The first-order chi connectivity index (χ1) is 6.45. The summed E-state index contributed by atoms with van der Waals surface area (Å²) in [5.41, 5.74) is 14.6. The number of nitrogens with one attached hydrogen (secondary N) is 2. The van der Waals surface area contributed by atoms with Gasteiger partial charge in [0.25, 0.3) is 0 Å². The van der Waals surface area contributed by atoms with Crippen molar-refractivity contribution in [2.75, 3.05) is 0 Å². The average molecular weight is 393 g/mol. The van der Waals surface area contributed by atoms with E-state index in [0.29, 0.717) is 0 Å². The Kier molecular flexibility index (Phi) is 10.1. The molecule has 0 spiro atoms. The summed E-state index contributed by atoms with van der Waals surface area (Å²) in [4.78, 5) is 9.18. The van der Waals surface area contributed by atoms with Gasteiger partial charge in [0.1, 0.15) is 0 Å². The summed E-state index contributed by atoms with van der Waals surface area (Å²) in [5.74, 6) is -2.93. The van der Waals surface area contributed by atoms with Gasteiger partial charge in [-0.15, -0.1) is 6.58 Å². The minimum absolute atomic E-state index is 0. The molecule has 1 rings (SSSR count). The maximum atomic E-state index is 9.37. The molecule has 0 aromatic carbocycles. The molecule has 15 heavy (non-hydrogen) atoms. The Hall–Kier alpha value is -0.382. The van der Waals surface area contributed by atoms with Crippen molar-refractivity contribution in [2.24, 2.45) is 0 Å². The third-order valence-corrected chi connectivity index (χ3v) is 1.99. The third kappa shape index (κ3) is 8.60. The summed E-state index contributed by atoms with van der Waals surface area (Å²) in [5, 5.41) is 18.5. The van der Waals surface area contributed by atoms with Crippen LogP contribution in [0.1, 0.15) is 25.7 Å². The molecule has 0 amide bonds. The quantitative estimate of drug-likeness (QED) is 0.462. The van der Waals surface area contributed by atoms with E-state index in [1.165, 1.54) is 12.8 Å². The first-order valence-corrected chi connectivity index (χ1v) is 4.44. The van der Waals surface area contributed by atoms with Crippen molar-refractivity contribution in [3.05, 3.63) is 23.8 Å². The third-order valence-electron chi connectivity index (χ3n) is 1.99. The van der Waals surface area contributed by atoms with Crippen LogP contribution in [0.15, 0.2) is 12.3 Å². The van der Waals surface area contributed by atoms with Crippen molar-refractivity contribution >= 4 is 5.97 Å². The molecule has 0 radical (unpaired) electrons. The topological polar surface area (TPSA) is 111 Å². The van der Waals surface area contributed by atoms with Gasteiger partial charge in [-0.3, -0.25) is 0 Å². The normalized spacial score (nSPS) is 24.1. The molecular formula is C9H14N2O3Pt-2. The SMILES string of the molecule is C=C([O-])C(=O)[O-].[NH-][C@@H]1CCCC[C@H]1[NH-].[Pt+2]. The molecule has 1 fully saturated rings. The minimum atomic E-state index is -1.74. The van der Waals surface area contributed by atoms with Crippen LogP contribution in [0, 0.1) is 0 Å². The molecule has 0 aliphatic heterocycles. The second-order valence-electron chi connectivity index (χ2n) is 3.21. The van der Waals surface area contributed by atoms with Crippen LogP contribution in [-0.2, 0) is 25.9 Å². The number of rotatable bonds is 1. The van der Waals surface area contributed by atoms with E-state index in [-0.39, 0.29) is 33.1 Å². The van der Waals surface area contributed by atoms with Gasteiger partial charge in [0, 0.05) is 0 Å². The predicted molar refractivity (Wildman–Crippen MR) is 48.8 cm³/mol. The summed E-state index contributed by atoms with van der Waals surface area (Å²) in [6.45, 7) is 2.54. The van der Waals surface area contributed by atoms with Gasteiger partial charge >= 0.3 is 21.1 Å². The van der Waals surface area contributed by atoms with Crippen molar-refractivity contribution in [3.8, 4) is 0 Å². The summed E-state index contributed by atoms with van der Waals surface area (Å²) >= 11 is 0. The number of hydrogen-bond acceptors (Lipinski definition) is 3. The van der Waals surface area contributed by atoms with Crippen LogP contribution in [0.5, 0.6) is 0 Å². The Balaban J connectivity index is 0. The average Bonchev–Trinajstić information content (AvgIpc) is 2.11. The summed E-state index contributed by atoms with van der Waals surface area (Å²) in [7, 11) is 0. The summed E-state index contributed by atoms with van der Waals surface area (Å²) < 4.78 is 0. The van der Waals surface area contributed by atoms with E-state index < -0.39 is 11.7 Å². The van der Waals surface area contributed by atoms with Gasteiger partial charge in [-0.2, -0.15) is 12.1 Å². The van der Waals surface area contributed by atoms with Gasteiger partial charge in [-0.1, -0.05) is 31.4 Å². The van der Waals surface area contributed by atoms with Crippen molar-refractivity contribution in [1.82, 2.24) is 0 Å². The fraction of sp³-hybridized carbons (Fsp3) is 0.667. The number of carboxylic acid groups (broad SMARTS) is 1. The van der Waals surface area contributed by atoms with Crippen LogP contribution in [0.25, 0.3) is 11.5 Å². The predicted octanol–water partition coefficient (Wildman–Crippen LogP) is 0.00980. The fourth-order valence-electron chi connectivity index (χ4n) is 1.13. The van der Waals surface area contributed by atoms with Crippen LogP contribution in [0.3, 0.4) is 0 Å². The van der Waals surface area contributed by atoms with Crippen LogP contribution in [0.2, 0.25) is 0 Å². The molecule has 2 N–H and O–H groups in total. The molecule has 2 atom stereocenters. The number of carbonyl (C=O) groups excluding carboxylic acids is 1. The second kappa shape index (κ2) is 8.89. The van der Waals surface area contributed by atoms with Crippen molar-refractivity contribution in [3.63, 3.8) is 0 Å². The number of hydrogen-bond donors (Lipinski definition) is 0. The van der Waals surface area contributed by atoms with E-state index in [9.17, 15) is 15.0 Å². The first kappa shape index (κ1) is 17.0. The standard InChI is InChI=1S/C6H12N2.C3H4O3.Pt/c7-5-3-1-2-4-6(5)8;1-2(4)3(5)6;/h5-8H,1-4H2;4H,1H2,(H,5,6);/q-2;;+2/p-2/t5-,6-;;/m1../s1. The number of aliphatic carboxylic acids is 1. The van der Waals surface area contributed by atoms with Crippen molar-refractivity contribution in [1.29, 1.82) is 0 Å². The van der Waals surface area contributed by atoms with Crippen LogP contribution < -0.4 is 10.2 Å². The maximum Gasteiger partial charge on any atom is 2.00 e. The molecule has 0 saturated heterocycles. The van der Waals surface area contributed by atoms with Crippen molar-refractivity contribution < 1.29 is 36.1 Å². The Labute approximate surface area is 104 Å². The van der Waals surface area contributed by atoms with E-state index >= 15 is 0 Å². The Morgan fingerprint density at radius 2 is 1.40 bits per heavy atom. The molecule has 1 saturated carbocycles. The van der Waals surface area contributed by atoms with E-state index in [4.69, 9.17) is 11.5 Å². The van der Waals surface area contributed by atoms with Gasteiger partial charge in [0.05, 0.1) is 5.97 Å². The zero-order valence-corrected chi connectivity index (χ0v) is 10.5. The number of carbonyl (C=O) groups is 1. The summed E-state index contributed by atoms with van der Waals surface area (Å²) in [6.07, 6.45) is 4.25. The smallest absolute Gasteiger partial charge is 0.872 e. The Morgan fingerprint density at radius 3 is 1.53 bits per heavy atom. The maximum absolute atomic E-state index is 9.37. The van der Waals surface area contributed by atoms with Gasteiger partial charge in [-0.25, -0.2) is 0 Å². The van der Waals surface area contributed by atoms with Crippen molar-refractivity contribution in [2.45, 2.75) is 37.8 Å². The molecule has 90 valence electrons. The van der Waals surface area contributed by atoms with Gasteiger partial charge in [0.15, 0.2) is 0 Å². The van der Waals surface area contributed by atoms with E-state index in [1.807, 2.05) is 0 Å². The van der Waals surface area contributed by atoms with Crippen LogP contribution in [-0.4, -0.2) is 18.1 Å². The van der Waals surface area contributed by atoms with Gasteiger partial charge in [0.2, 0.25) is 0 Å². The largest absolute Gasteiger partial charge is 2.00 e. The van der Waals surface area contributed by atoms with E-state index in [0.717, 1.165) is 12.8 Å². The number of carboxylic acids is 1. The molecule has 0 bridgehead atoms. The minimum Gasteiger partial charge on any atom is -0.872 e. The molecular weight excluding hydrogens is 379 g/mol. The molecule has 1 aliphatic carbocycles. The van der Waals surface area contributed by atoms with E-state index in [2.05, 4.69) is 6.58 Å². The monoisotopic (exact) mass is 393 g/mol. The first-order valence-electron chi connectivity index (χ1n) is 4.44. The molecule has 5 nitrogen and oxygen atoms in total. The summed E-state index contributed by atoms with van der Waals surface area (Å²) in [6, 6.07) is -0.160. The molecule has 0 aromatic heterocycles. The fourth-order valence-corrected chi connectivity index (χ4v) is 1.13. The Morgan fingerprint density at radius 1 is 1.13 bits per heavy atom. The second-order valence-corrected chi connectivity index (χ2v) is 3.21. The molecule has 1 aliphatic rings. The molecule has 0 heterocycles. The van der Waals surface area contributed by atoms with Crippen LogP contribution >= 0.6 is 0 Å². The molecule has 0 unspecified atom stereocenters. The van der Waals surface area contributed by atoms with Gasteiger partial charge in [-0.05, 0) is 0 Å². The van der Waals surface area contributed by atoms with E-state index in [1.54, 1.807) is 0 Å². The zero-order chi connectivity index (χ0) is 11.1. The van der Waals surface area contributed by atoms with Gasteiger partial charge < -0.3 is 26.5 Å². The van der Waals surface area contributed by atoms with Crippen LogP contribution in [0.4, 0.5) is 0 Å². The zero-order valence-electron chi connectivity index (χ0n) is 8.23. The molecule has 0 aromatic rings. The Bertz CT molecular complexity index is 190. The molecule has 6 heteroatoms.